The number of piperidine rings is 1. The number of anilines is 1. The van der Waals surface area contributed by atoms with Crippen molar-refractivity contribution < 1.29 is 10.00 Å². The van der Waals surface area contributed by atoms with Crippen molar-refractivity contribution in [3.63, 3.8) is 0 Å². The minimum atomic E-state index is 0. The monoisotopic (exact) mass is 372 g/mol. The SMILES string of the molecule is Cc1cc(Cn2c(NC3CCN(CCN)CC3)nc3ccccc32)on1.O. The predicted molar refractivity (Wildman–Crippen MR) is 106 cm³/mol. The Balaban J connectivity index is 0.00000210. The molecule has 0 bridgehead atoms. The summed E-state index contributed by atoms with van der Waals surface area (Å²) in [5, 5.41) is 7.66. The van der Waals surface area contributed by atoms with Crippen LogP contribution < -0.4 is 11.1 Å². The summed E-state index contributed by atoms with van der Waals surface area (Å²) < 4.78 is 7.61. The fourth-order valence-electron chi connectivity index (χ4n) is 3.66. The maximum Gasteiger partial charge on any atom is 0.204 e. The van der Waals surface area contributed by atoms with Crippen LogP contribution in [0.5, 0.6) is 0 Å². The lowest BCUT2D eigenvalue weighted by Gasteiger charge is -2.32. The largest absolute Gasteiger partial charge is 0.412 e. The average Bonchev–Trinajstić information content (AvgIpc) is 3.21. The van der Waals surface area contributed by atoms with E-state index in [9.17, 15) is 0 Å². The molecule has 0 aliphatic carbocycles. The van der Waals surface area contributed by atoms with E-state index in [2.05, 4.69) is 26.0 Å². The van der Waals surface area contributed by atoms with Gasteiger partial charge in [0, 0.05) is 38.3 Å². The Morgan fingerprint density at radius 3 is 2.74 bits per heavy atom. The zero-order chi connectivity index (χ0) is 17.9. The Kier molecular flexibility index (Phi) is 6.10. The molecule has 0 saturated carbocycles. The molecule has 8 heteroatoms. The summed E-state index contributed by atoms with van der Waals surface area (Å²) in [6, 6.07) is 10.6. The number of hydrogen-bond acceptors (Lipinski definition) is 6. The molecule has 1 fully saturated rings. The quantitative estimate of drug-likeness (QED) is 0.675. The smallest absolute Gasteiger partial charge is 0.204 e. The lowest BCUT2D eigenvalue weighted by atomic mass is 10.1. The molecule has 0 unspecified atom stereocenters. The van der Waals surface area contributed by atoms with Crippen LogP contribution in [0, 0.1) is 6.92 Å². The van der Waals surface area contributed by atoms with E-state index in [1.54, 1.807) is 0 Å². The van der Waals surface area contributed by atoms with Gasteiger partial charge in [-0.15, -0.1) is 0 Å². The molecule has 3 aromatic rings. The minimum absolute atomic E-state index is 0. The van der Waals surface area contributed by atoms with Crippen molar-refractivity contribution in [2.24, 2.45) is 5.73 Å². The summed E-state index contributed by atoms with van der Waals surface area (Å²) in [5.41, 5.74) is 8.66. The van der Waals surface area contributed by atoms with E-state index >= 15 is 0 Å². The minimum Gasteiger partial charge on any atom is -0.412 e. The second-order valence-electron chi connectivity index (χ2n) is 6.99. The maximum absolute atomic E-state index is 5.67. The molecule has 0 spiro atoms. The number of imidazole rings is 1. The highest BCUT2D eigenvalue weighted by Gasteiger charge is 2.21. The van der Waals surface area contributed by atoms with Gasteiger partial charge in [0.05, 0.1) is 23.3 Å². The normalized spacial score (nSPS) is 15.8. The molecule has 0 amide bonds. The topological polar surface area (TPSA) is 117 Å². The average molecular weight is 372 g/mol. The second kappa shape index (κ2) is 8.51. The third-order valence-corrected chi connectivity index (χ3v) is 5.01. The molecule has 146 valence electrons. The number of rotatable bonds is 6. The van der Waals surface area contributed by atoms with E-state index in [-0.39, 0.29) is 5.48 Å². The molecule has 8 nitrogen and oxygen atoms in total. The summed E-state index contributed by atoms with van der Waals surface area (Å²) in [4.78, 5) is 7.25. The van der Waals surface area contributed by atoms with Crippen molar-refractivity contribution in [2.75, 3.05) is 31.5 Å². The van der Waals surface area contributed by atoms with Gasteiger partial charge in [-0.25, -0.2) is 4.98 Å². The molecule has 4 rings (SSSR count). The standard InChI is InChI=1S/C19H26N6O.H2O/c1-14-12-16(26-23-14)13-25-18-5-3-2-4-17(18)22-19(25)21-15-6-9-24(10-7-15)11-8-20;/h2-5,12,15H,6-11,13,20H2,1H3,(H,21,22);1H2. The van der Waals surface area contributed by atoms with E-state index in [1.807, 2.05) is 31.2 Å². The summed E-state index contributed by atoms with van der Waals surface area (Å²) in [6.45, 7) is 6.43. The van der Waals surface area contributed by atoms with Crippen molar-refractivity contribution in [1.82, 2.24) is 19.6 Å². The van der Waals surface area contributed by atoms with Gasteiger partial charge >= 0.3 is 0 Å². The van der Waals surface area contributed by atoms with Gasteiger partial charge in [0.15, 0.2) is 5.76 Å². The first-order valence-corrected chi connectivity index (χ1v) is 9.29. The van der Waals surface area contributed by atoms with Gasteiger partial charge in [-0.05, 0) is 31.9 Å². The Morgan fingerprint density at radius 1 is 1.26 bits per heavy atom. The van der Waals surface area contributed by atoms with Crippen molar-refractivity contribution in [3.05, 3.63) is 41.8 Å². The van der Waals surface area contributed by atoms with Crippen molar-refractivity contribution >= 4 is 17.0 Å². The number of aromatic nitrogens is 3. The molecule has 2 aromatic heterocycles. The molecule has 1 aliphatic rings. The van der Waals surface area contributed by atoms with Crippen molar-refractivity contribution in [2.45, 2.75) is 32.4 Å². The molecule has 0 radical (unpaired) electrons. The molecule has 5 N–H and O–H groups in total. The van der Waals surface area contributed by atoms with Gasteiger partial charge in [0.1, 0.15) is 0 Å². The number of nitrogens with zero attached hydrogens (tertiary/aromatic N) is 4. The highest BCUT2D eigenvalue weighted by molar-refractivity contribution is 5.78. The van der Waals surface area contributed by atoms with Crippen LogP contribution >= 0.6 is 0 Å². The molecular weight excluding hydrogens is 344 g/mol. The Morgan fingerprint density at radius 2 is 2.04 bits per heavy atom. The molecule has 1 aliphatic heterocycles. The van der Waals surface area contributed by atoms with E-state index < -0.39 is 0 Å². The summed E-state index contributed by atoms with van der Waals surface area (Å²) in [7, 11) is 0. The number of nitrogens with one attached hydrogen (secondary N) is 1. The second-order valence-corrected chi connectivity index (χ2v) is 6.99. The molecule has 1 aromatic carbocycles. The van der Waals surface area contributed by atoms with Crippen LogP contribution in [0.1, 0.15) is 24.3 Å². The first-order valence-electron chi connectivity index (χ1n) is 9.29. The van der Waals surface area contributed by atoms with Gasteiger partial charge in [0.25, 0.3) is 0 Å². The van der Waals surface area contributed by atoms with E-state index in [0.29, 0.717) is 12.6 Å². The lowest BCUT2D eigenvalue weighted by molar-refractivity contribution is 0.224. The Labute approximate surface area is 158 Å². The van der Waals surface area contributed by atoms with E-state index in [1.165, 1.54) is 0 Å². The molecule has 27 heavy (non-hydrogen) atoms. The number of aryl methyl sites for hydroxylation is 1. The molecular formula is C19H28N6O2. The molecule has 0 atom stereocenters. The van der Waals surface area contributed by atoms with Gasteiger partial charge < -0.3 is 30.5 Å². The van der Waals surface area contributed by atoms with Crippen LogP contribution in [0.15, 0.2) is 34.9 Å². The predicted octanol–water partition coefficient (Wildman–Crippen LogP) is 1.39. The summed E-state index contributed by atoms with van der Waals surface area (Å²) in [6.07, 6.45) is 2.20. The zero-order valence-corrected chi connectivity index (χ0v) is 15.7. The van der Waals surface area contributed by atoms with Crippen molar-refractivity contribution in [3.8, 4) is 0 Å². The van der Waals surface area contributed by atoms with Gasteiger partial charge in [0.2, 0.25) is 5.95 Å². The fourth-order valence-corrected chi connectivity index (χ4v) is 3.66. The van der Waals surface area contributed by atoms with E-state index in [4.69, 9.17) is 15.2 Å². The summed E-state index contributed by atoms with van der Waals surface area (Å²) >= 11 is 0. The van der Waals surface area contributed by atoms with Crippen LogP contribution in [0.3, 0.4) is 0 Å². The van der Waals surface area contributed by atoms with E-state index in [0.717, 1.165) is 67.5 Å². The van der Waals surface area contributed by atoms with Crippen LogP contribution in [-0.4, -0.2) is 57.3 Å². The molecule has 3 heterocycles. The van der Waals surface area contributed by atoms with Crippen LogP contribution in [0.4, 0.5) is 5.95 Å². The van der Waals surface area contributed by atoms with Crippen molar-refractivity contribution in [1.29, 1.82) is 0 Å². The van der Waals surface area contributed by atoms with Crippen LogP contribution in [0.2, 0.25) is 0 Å². The number of likely N-dealkylation sites (tertiary alicyclic amines) is 1. The number of fused-ring (bicyclic) bond motifs is 1. The molecule has 1 saturated heterocycles. The Bertz CT molecular complexity index is 866. The lowest BCUT2D eigenvalue weighted by Crippen LogP contribution is -2.41. The van der Waals surface area contributed by atoms with Crippen LogP contribution in [0.25, 0.3) is 11.0 Å². The number of benzene rings is 1. The number of hydrogen-bond donors (Lipinski definition) is 2. The first-order chi connectivity index (χ1) is 12.7. The number of nitrogens with two attached hydrogens (primary N) is 1. The van der Waals surface area contributed by atoms with Gasteiger partial charge in [-0.2, -0.15) is 0 Å². The third kappa shape index (κ3) is 4.29. The highest BCUT2D eigenvalue weighted by Crippen LogP contribution is 2.24. The first kappa shape index (κ1) is 19.3. The highest BCUT2D eigenvalue weighted by atomic mass is 16.5. The van der Waals surface area contributed by atoms with Gasteiger partial charge in [-0.3, -0.25) is 0 Å². The number of para-hydroxylation sites is 2. The van der Waals surface area contributed by atoms with Crippen LogP contribution in [-0.2, 0) is 6.54 Å². The summed E-state index contributed by atoms with van der Waals surface area (Å²) in [5.74, 6) is 1.74. The maximum atomic E-state index is 5.67. The zero-order valence-electron chi connectivity index (χ0n) is 15.7. The third-order valence-electron chi connectivity index (χ3n) is 5.01. The Hall–Kier alpha value is -2.42. The fraction of sp³-hybridized carbons (Fsp3) is 0.474. The van der Waals surface area contributed by atoms with Gasteiger partial charge in [-0.1, -0.05) is 17.3 Å².